The normalized spacial score (nSPS) is 11.9. The molecule has 0 aromatic heterocycles. The van der Waals surface area contributed by atoms with Gasteiger partial charge in [-0.15, -0.1) is 0 Å². The Kier molecular flexibility index (Phi) is 6.72. The van der Waals surface area contributed by atoms with Crippen molar-refractivity contribution >= 4 is 12.0 Å². The zero-order valence-corrected chi connectivity index (χ0v) is 16.6. The summed E-state index contributed by atoms with van der Waals surface area (Å²) in [6.45, 7) is 2.51. The molecule has 0 radical (unpaired) electrons. The van der Waals surface area contributed by atoms with Crippen LogP contribution in [0.15, 0.2) is 90.5 Å². The molecule has 1 amide bonds. The Bertz CT molecular complexity index is 1010. The molecular formula is C25H22F3NO. The van der Waals surface area contributed by atoms with Crippen molar-refractivity contribution in [2.45, 2.75) is 19.6 Å². The van der Waals surface area contributed by atoms with Gasteiger partial charge in [-0.3, -0.25) is 4.79 Å². The maximum absolute atomic E-state index is 13.1. The van der Waals surface area contributed by atoms with Crippen molar-refractivity contribution in [1.82, 2.24) is 4.90 Å². The molecule has 0 atom stereocenters. The summed E-state index contributed by atoms with van der Waals surface area (Å²) in [7, 11) is 0. The fourth-order valence-corrected chi connectivity index (χ4v) is 3.19. The van der Waals surface area contributed by atoms with Gasteiger partial charge in [-0.2, -0.15) is 13.2 Å². The van der Waals surface area contributed by atoms with Gasteiger partial charge in [0.05, 0.1) is 5.56 Å². The molecule has 154 valence electrons. The number of nitrogens with zero attached hydrogens (tertiary/aromatic N) is 1. The van der Waals surface area contributed by atoms with E-state index in [1.807, 2.05) is 73.7 Å². The van der Waals surface area contributed by atoms with Gasteiger partial charge in [-0.25, -0.2) is 0 Å². The Labute approximate surface area is 174 Å². The molecule has 3 aromatic carbocycles. The summed E-state index contributed by atoms with van der Waals surface area (Å²) >= 11 is 0. The molecule has 0 bridgehead atoms. The number of carbonyl (C=O) groups is 1. The molecule has 0 saturated heterocycles. The topological polar surface area (TPSA) is 20.3 Å². The maximum Gasteiger partial charge on any atom is 0.416 e. The molecule has 3 aromatic rings. The van der Waals surface area contributed by atoms with Crippen LogP contribution in [0.4, 0.5) is 13.2 Å². The second kappa shape index (κ2) is 9.44. The Morgan fingerprint density at radius 1 is 0.900 bits per heavy atom. The minimum absolute atomic E-state index is 0.0215. The first-order chi connectivity index (χ1) is 14.3. The van der Waals surface area contributed by atoms with Gasteiger partial charge >= 0.3 is 6.18 Å². The molecule has 5 heteroatoms. The monoisotopic (exact) mass is 409 g/mol. The summed E-state index contributed by atoms with van der Waals surface area (Å²) < 4.78 is 39.3. The van der Waals surface area contributed by atoms with E-state index in [1.54, 1.807) is 4.90 Å². The molecule has 0 aliphatic rings. The molecule has 2 nitrogen and oxygen atoms in total. The lowest BCUT2D eigenvalue weighted by atomic mass is 10.1. The van der Waals surface area contributed by atoms with Crippen LogP contribution in [0.2, 0.25) is 0 Å². The SMILES string of the molecule is C/C(=C\c1ccccc1)CN(Cc1ccccc1)C(=O)c1cccc(C(F)(F)F)c1. The minimum Gasteiger partial charge on any atom is -0.330 e. The molecule has 0 aliphatic carbocycles. The number of benzene rings is 3. The highest BCUT2D eigenvalue weighted by atomic mass is 19.4. The van der Waals surface area contributed by atoms with Crippen molar-refractivity contribution in [3.8, 4) is 0 Å². The van der Waals surface area contributed by atoms with Gasteiger partial charge in [0, 0.05) is 18.7 Å². The standard InChI is InChI=1S/C25H22F3NO/c1-19(15-20-9-4-2-5-10-20)17-29(18-21-11-6-3-7-12-21)24(30)22-13-8-14-23(16-22)25(26,27)28/h2-16H,17-18H2,1H3/b19-15+. The highest BCUT2D eigenvalue weighted by Crippen LogP contribution is 2.30. The fourth-order valence-electron chi connectivity index (χ4n) is 3.19. The van der Waals surface area contributed by atoms with Crippen LogP contribution >= 0.6 is 0 Å². The van der Waals surface area contributed by atoms with Gasteiger partial charge in [0.25, 0.3) is 5.91 Å². The van der Waals surface area contributed by atoms with E-state index in [9.17, 15) is 18.0 Å². The molecule has 0 aliphatic heterocycles. The van der Waals surface area contributed by atoms with Crippen LogP contribution in [-0.2, 0) is 12.7 Å². The second-order valence-corrected chi connectivity index (χ2v) is 7.13. The molecule has 0 N–H and O–H groups in total. The molecule has 0 saturated carbocycles. The first kappa shape index (κ1) is 21.4. The van der Waals surface area contributed by atoms with Crippen LogP contribution in [0, 0.1) is 0 Å². The lowest BCUT2D eigenvalue weighted by Crippen LogP contribution is -2.32. The molecule has 0 heterocycles. The fraction of sp³-hybridized carbons (Fsp3) is 0.160. The lowest BCUT2D eigenvalue weighted by Gasteiger charge is -2.24. The quantitative estimate of drug-likeness (QED) is 0.458. The van der Waals surface area contributed by atoms with Crippen LogP contribution in [0.1, 0.15) is 34.0 Å². The molecule has 30 heavy (non-hydrogen) atoms. The van der Waals surface area contributed by atoms with Crippen LogP contribution in [0.25, 0.3) is 6.08 Å². The van der Waals surface area contributed by atoms with Crippen LogP contribution in [0.5, 0.6) is 0 Å². The summed E-state index contributed by atoms with van der Waals surface area (Å²) in [6, 6.07) is 23.7. The van der Waals surface area contributed by atoms with Crippen molar-refractivity contribution < 1.29 is 18.0 Å². The summed E-state index contributed by atoms with van der Waals surface area (Å²) in [5, 5.41) is 0. The number of halogens is 3. The average molecular weight is 409 g/mol. The number of carbonyl (C=O) groups excluding carboxylic acids is 1. The predicted octanol–water partition coefficient (Wildman–Crippen LogP) is 6.45. The number of alkyl halides is 3. The van der Waals surface area contributed by atoms with E-state index in [0.29, 0.717) is 13.1 Å². The zero-order chi connectivity index (χ0) is 21.6. The number of hydrogen-bond donors (Lipinski definition) is 0. The summed E-state index contributed by atoms with van der Waals surface area (Å²) in [5.74, 6) is -0.439. The average Bonchev–Trinajstić information content (AvgIpc) is 2.73. The number of amides is 1. The zero-order valence-electron chi connectivity index (χ0n) is 16.6. The summed E-state index contributed by atoms with van der Waals surface area (Å²) in [5.41, 5.74) is 2.03. The van der Waals surface area contributed by atoms with E-state index in [4.69, 9.17) is 0 Å². The van der Waals surface area contributed by atoms with Crippen molar-refractivity contribution in [1.29, 1.82) is 0 Å². The smallest absolute Gasteiger partial charge is 0.330 e. The summed E-state index contributed by atoms with van der Waals surface area (Å²) in [4.78, 5) is 14.7. The first-order valence-corrected chi connectivity index (χ1v) is 9.55. The lowest BCUT2D eigenvalue weighted by molar-refractivity contribution is -0.137. The minimum atomic E-state index is -4.50. The Hall–Kier alpha value is -3.34. The van der Waals surface area contributed by atoms with E-state index < -0.39 is 17.6 Å². The van der Waals surface area contributed by atoms with Gasteiger partial charge in [0.15, 0.2) is 0 Å². The highest BCUT2D eigenvalue weighted by Gasteiger charge is 2.31. The van der Waals surface area contributed by atoms with Crippen molar-refractivity contribution in [3.05, 3.63) is 113 Å². The molecule has 0 spiro atoms. The number of hydrogen-bond acceptors (Lipinski definition) is 1. The van der Waals surface area contributed by atoms with E-state index in [0.717, 1.165) is 28.8 Å². The van der Waals surface area contributed by atoms with Gasteiger partial charge in [-0.05, 0) is 36.2 Å². The largest absolute Gasteiger partial charge is 0.416 e. The van der Waals surface area contributed by atoms with Gasteiger partial charge in [0.2, 0.25) is 0 Å². The Balaban J connectivity index is 1.89. The van der Waals surface area contributed by atoms with Gasteiger partial charge < -0.3 is 4.90 Å². The molecule has 0 unspecified atom stereocenters. The predicted molar refractivity (Wildman–Crippen MR) is 113 cm³/mol. The van der Waals surface area contributed by atoms with E-state index in [2.05, 4.69) is 0 Å². The molecular weight excluding hydrogens is 387 g/mol. The molecule has 3 rings (SSSR count). The Morgan fingerprint density at radius 3 is 2.17 bits per heavy atom. The highest BCUT2D eigenvalue weighted by molar-refractivity contribution is 5.94. The number of rotatable bonds is 6. The van der Waals surface area contributed by atoms with Crippen molar-refractivity contribution in [2.24, 2.45) is 0 Å². The van der Waals surface area contributed by atoms with Crippen LogP contribution in [-0.4, -0.2) is 17.4 Å². The molecule has 0 fully saturated rings. The first-order valence-electron chi connectivity index (χ1n) is 9.55. The van der Waals surface area contributed by atoms with E-state index in [-0.39, 0.29) is 5.56 Å². The third kappa shape index (κ3) is 5.83. The Morgan fingerprint density at radius 2 is 1.53 bits per heavy atom. The summed E-state index contributed by atoms with van der Waals surface area (Å²) in [6.07, 6.45) is -2.53. The van der Waals surface area contributed by atoms with Gasteiger partial charge in [0.1, 0.15) is 0 Å². The third-order valence-electron chi connectivity index (χ3n) is 4.59. The third-order valence-corrected chi connectivity index (χ3v) is 4.59. The maximum atomic E-state index is 13.1. The van der Waals surface area contributed by atoms with E-state index >= 15 is 0 Å². The van der Waals surface area contributed by atoms with Crippen LogP contribution in [0.3, 0.4) is 0 Å². The van der Waals surface area contributed by atoms with E-state index in [1.165, 1.54) is 12.1 Å². The van der Waals surface area contributed by atoms with Crippen molar-refractivity contribution in [3.63, 3.8) is 0 Å². The van der Waals surface area contributed by atoms with Crippen LogP contribution < -0.4 is 0 Å². The van der Waals surface area contributed by atoms with Gasteiger partial charge in [-0.1, -0.05) is 78.4 Å². The van der Waals surface area contributed by atoms with Crippen molar-refractivity contribution in [2.75, 3.05) is 6.54 Å². The second-order valence-electron chi connectivity index (χ2n) is 7.13.